The van der Waals surface area contributed by atoms with E-state index < -0.39 is 12.0 Å². The zero-order valence-electron chi connectivity index (χ0n) is 22.8. The molecule has 10 heteroatoms. The number of aromatic nitrogens is 1. The molecule has 0 amide bonds. The third-order valence-electron chi connectivity index (χ3n) is 6.57. The molecule has 41 heavy (non-hydrogen) atoms. The number of methoxy groups -OCH3 is 3. The van der Waals surface area contributed by atoms with Gasteiger partial charge in [-0.25, -0.2) is 9.79 Å². The second-order valence-corrected chi connectivity index (χ2v) is 10.8. The van der Waals surface area contributed by atoms with Crippen LogP contribution in [0.15, 0.2) is 86.6 Å². The van der Waals surface area contributed by atoms with Crippen molar-refractivity contribution in [2.75, 3.05) is 27.9 Å². The van der Waals surface area contributed by atoms with Gasteiger partial charge in [-0.1, -0.05) is 53.8 Å². The van der Waals surface area contributed by atoms with Gasteiger partial charge in [0.15, 0.2) is 16.3 Å². The lowest BCUT2D eigenvalue weighted by Gasteiger charge is -2.26. The molecule has 0 aliphatic carbocycles. The fraction of sp³-hybridized carbons (Fsp3) is 0.194. The van der Waals surface area contributed by atoms with E-state index in [0.717, 1.165) is 15.6 Å². The van der Waals surface area contributed by atoms with E-state index in [0.29, 0.717) is 37.8 Å². The monoisotopic (exact) mass is 634 g/mol. The fourth-order valence-corrected chi connectivity index (χ4v) is 6.26. The van der Waals surface area contributed by atoms with Crippen LogP contribution in [-0.2, 0) is 9.53 Å². The molecule has 1 aromatic heterocycles. The molecule has 1 aliphatic heterocycles. The van der Waals surface area contributed by atoms with Crippen LogP contribution in [0.3, 0.4) is 0 Å². The number of hydrogen-bond acceptors (Lipinski definition) is 8. The van der Waals surface area contributed by atoms with E-state index in [1.807, 2.05) is 54.6 Å². The van der Waals surface area contributed by atoms with Crippen molar-refractivity contribution in [1.82, 2.24) is 4.57 Å². The van der Waals surface area contributed by atoms with E-state index in [9.17, 15) is 9.59 Å². The minimum Gasteiger partial charge on any atom is -0.496 e. The lowest BCUT2D eigenvalue weighted by molar-refractivity contribution is -0.138. The average molecular weight is 636 g/mol. The number of benzene rings is 3. The number of carbonyl (C=O) groups excluding carboxylic acids is 1. The lowest BCUT2D eigenvalue weighted by atomic mass is 9.93. The predicted octanol–water partition coefficient (Wildman–Crippen LogP) is 4.72. The molecule has 2 heterocycles. The summed E-state index contributed by atoms with van der Waals surface area (Å²) < 4.78 is 24.7. The van der Waals surface area contributed by atoms with E-state index in [1.165, 1.54) is 18.4 Å². The van der Waals surface area contributed by atoms with Crippen molar-refractivity contribution in [2.45, 2.75) is 13.0 Å². The highest BCUT2D eigenvalue weighted by Gasteiger charge is 2.35. The van der Waals surface area contributed by atoms with Crippen molar-refractivity contribution < 1.29 is 23.7 Å². The number of esters is 1. The Morgan fingerprint density at radius 2 is 1.68 bits per heavy atom. The number of hydrogen-bond donors (Lipinski definition) is 0. The second-order valence-electron chi connectivity index (χ2n) is 8.94. The SMILES string of the molecule is CCOC(=O)C1=C(c2ccccc2)N=c2s/c(=C\c3ccc(OC)c(Br)c3)c(=O)n2[C@@H]1c1ccc(OC)c(OC)c1. The Balaban J connectivity index is 1.82. The smallest absolute Gasteiger partial charge is 0.338 e. The summed E-state index contributed by atoms with van der Waals surface area (Å²) in [5, 5.41) is 0. The number of thiazole rings is 1. The van der Waals surface area contributed by atoms with Crippen molar-refractivity contribution in [1.29, 1.82) is 0 Å². The summed E-state index contributed by atoms with van der Waals surface area (Å²) in [7, 11) is 4.69. The maximum atomic E-state index is 14.1. The minimum absolute atomic E-state index is 0.166. The molecule has 0 radical (unpaired) electrons. The van der Waals surface area contributed by atoms with Gasteiger partial charge in [-0.05, 0) is 64.3 Å². The summed E-state index contributed by atoms with van der Waals surface area (Å²) in [5.41, 5.74) is 2.61. The Morgan fingerprint density at radius 1 is 0.976 bits per heavy atom. The van der Waals surface area contributed by atoms with Gasteiger partial charge in [0.25, 0.3) is 5.56 Å². The van der Waals surface area contributed by atoms with Crippen LogP contribution in [0.2, 0.25) is 0 Å². The number of carbonyl (C=O) groups is 1. The van der Waals surface area contributed by atoms with Crippen LogP contribution in [0.25, 0.3) is 11.8 Å². The minimum atomic E-state index is -0.829. The Kier molecular flexibility index (Phi) is 8.41. The van der Waals surface area contributed by atoms with Crippen LogP contribution >= 0.6 is 27.3 Å². The Hall–Kier alpha value is -4.15. The number of fused-ring (bicyclic) bond motifs is 1. The third kappa shape index (κ3) is 5.45. The maximum Gasteiger partial charge on any atom is 0.338 e. The number of ether oxygens (including phenoxy) is 4. The van der Waals surface area contributed by atoms with Gasteiger partial charge in [0.1, 0.15) is 5.75 Å². The molecular formula is C31H27BrN2O6S. The van der Waals surface area contributed by atoms with Crippen LogP contribution in [-0.4, -0.2) is 38.5 Å². The third-order valence-corrected chi connectivity index (χ3v) is 8.17. The first kappa shape index (κ1) is 28.4. The topological polar surface area (TPSA) is 88.4 Å². The van der Waals surface area contributed by atoms with Gasteiger partial charge >= 0.3 is 5.97 Å². The molecule has 3 aromatic carbocycles. The number of rotatable bonds is 8. The van der Waals surface area contributed by atoms with Gasteiger partial charge in [0, 0.05) is 5.56 Å². The zero-order valence-corrected chi connectivity index (χ0v) is 25.2. The molecule has 0 N–H and O–H groups in total. The number of halogens is 1. The van der Waals surface area contributed by atoms with E-state index in [2.05, 4.69) is 15.9 Å². The molecule has 210 valence electrons. The van der Waals surface area contributed by atoms with Crippen LogP contribution in [0.1, 0.15) is 29.7 Å². The molecule has 1 aliphatic rings. The summed E-state index contributed by atoms with van der Waals surface area (Å²) in [6.45, 7) is 1.91. The summed E-state index contributed by atoms with van der Waals surface area (Å²) in [6.07, 6.45) is 1.80. The predicted molar refractivity (Wildman–Crippen MR) is 161 cm³/mol. The van der Waals surface area contributed by atoms with Gasteiger partial charge in [-0.2, -0.15) is 0 Å². The maximum absolute atomic E-state index is 14.1. The van der Waals surface area contributed by atoms with Gasteiger partial charge in [0.2, 0.25) is 0 Å². The van der Waals surface area contributed by atoms with Gasteiger partial charge < -0.3 is 18.9 Å². The summed E-state index contributed by atoms with van der Waals surface area (Å²) in [6, 6.07) is 19.5. The van der Waals surface area contributed by atoms with Crippen LogP contribution < -0.4 is 29.1 Å². The molecule has 8 nitrogen and oxygen atoms in total. The van der Waals surface area contributed by atoms with Gasteiger partial charge in [0.05, 0.1) is 54.3 Å². The van der Waals surface area contributed by atoms with Crippen molar-refractivity contribution in [3.05, 3.63) is 113 Å². The van der Waals surface area contributed by atoms with Crippen molar-refractivity contribution in [3.63, 3.8) is 0 Å². The highest BCUT2D eigenvalue weighted by Crippen LogP contribution is 2.38. The molecule has 0 spiro atoms. The highest BCUT2D eigenvalue weighted by molar-refractivity contribution is 9.10. The second kappa shape index (κ2) is 12.2. The Bertz CT molecular complexity index is 1830. The van der Waals surface area contributed by atoms with E-state index >= 15 is 0 Å². The molecule has 0 saturated heterocycles. The lowest BCUT2D eigenvalue weighted by Crippen LogP contribution is -2.40. The Labute approximate surface area is 248 Å². The first-order valence-electron chi connectivity index (χ1n) is 12.7. The summed E-state index contributed by atoms with van der Waals surface area (Å²) in [4.78, 5) is 33.0. The van der Waals surface area contributed by atoms with Crippen molar-refractivity contribution in [3.8, 4) is 17.2 Å². The molecule has 0 unspecified atom stereocenters. The van der Waals surface area contributed by atoms with Crippen LogP contribution in [0, 0.1) is 0 Å². The Morgan fingerprint density at radius 3 is 2.34 bits per heavy atom. The normalized spacial score (nSPS) is 14.8. The molecule has 0 bridgehead atoms. The largest absolute Gasteiger partial charge is 0.496 e. The van der Waals surface area contributed by atoms with Crippen LogP contribution in [0.5, 0.6) is 17.2 Å². The molecule has 0 fully saturated rings. The molecule has 1 atom stereocenters. The number of nitrogens with zero attached hydrogens (tertiary/aromatic N) is 2. The standard InChI is InChI=1S/C31H27BrN2O6S/c1-5-40-30(36)26-27(19-9-7-6-8-10-19)33-31-34(28(26)20-12-14-23(38-3)24(17-20)39-4)29(35)25(41-31)16-18-11-13-22(37-2)21(32)15-18/h6-17,28H,5H2,1-4H3/b25-16-/t28-/m1/s1. The molecule has 4 aromatic rings. The van der Waals surface area contributed by atoms with E-state index in [4.69, 9.17) is 23.9 Å². The van der Waals surface area contributed by atoms with Gasteiger partial charge in [-0.3, -0.25) is 9.36 Å². The first-order valence-corrected chi connectivity index (χ1v) is 14.3. The van der Waals surface area contributed by atoms with Crippen molar-refractivity contribution in [2.24, 2.45) is 4.99 Å². The fourth-order valence-electron chi connectivity index (χ4n) is 4.70. The van der Waals surface area contributed by atoms with E-state index in [-0.39, 0.29) is 17.7 Å². The molecular weight excluding hydrogens is 608 g/mol. The van der Waals surface area contributed by atoms with Gasteiger partial charge in [-0.15, -0.1) is 0 Å². The van der Waals surface area contributed by atoms with Crippen molar-refractivity contribution >= 4 is 45.0 Å². The highest BCUT2D eigenvalue weighted by atomic mass is 79.9. The molecule has 0 saturated carbocycles. The quantitative estimate of drug-likeness (QED) is 0.261. The summed E-state index contributed by atoms with van der Waals surface area (Å²) in [5.74, 6) is 1.13. The zero-order chi connectivity index (χ0) is 29.1. The van der Waals surface area contributed by atoms with Crippen LogP contribution in [0.4, 0.5) is 0 Å². The average Bonchev–Trinajstić information content (AvgIpc) is 3.30. The summed E-state index contributed by atoms with van der Waals surface area (Å²) >= 11 is 4.76. The first-order chi connectivity index (χ1) is 19.9. The van der Waals surface area contributed by atoms with E-state index in [1.54, 1.807) is 43.9 Å². The molecule has 5 rings (SSSR count).